The average Bonchev–Trinajstić information content (AvgIpc) is 2.97. The van der Waals surface area contributed by atoms with Crippen LogP contribution >= 0.6 is 0 Å². The fourth-order valence-electron chi connectivity index (χ4n) is 2.37. The van der Waals surface area contributed by atoms with E-state index >= 15 is 0 Å². The molecule has 0 bridgehead atoms. The second-order valence-corrected chi connectivity index (χ2v) is 5.00. The minimum atomic E-state index is -0.271. The first-order valence-electron chi connectivity index (χ1n) is 7.06. The summed E-state index contributed by atoms with van der Waals surface area (Å²) in [4.78, 5) is 11.9. The quantitative estimate of drug-likeness (QED) is 0.911. The van der Waals surface area contributed by atoms with Gasteiger partial charge >= 0.3 is 6.03 Å². The summed E-state index contributed by atoms with van der Waals surface area (Å²) < 4.78 is 7.24. The van der Waals surface area contributed by atoms with E-state index in [1.807, 2.05) is 41.2 Å². The molecule has 1 fully saturated rings. The van der Waals surface area contributed by atoms with Gasteiger partial charge in [0.15, 0.2) is 0 Å². The molecule has 1 saturated heterocycles. The summed E-state index contributed by atoms with van der Waals surface area (Å²) in [6, 6.07) is 9.41. The van der Waals surface area contributed by atoms with Crippen molar-refractivity contribution >= 4 is 17.4 Å². The van der Waals surface area contributed by atoms with Crippen molar-refractivity contribution in [3.63, 3.8) is 0 Å². The molecule has 0 atom stereocenters. The van der Waals surface area contributed by atoms with Gasteiger partial charge in [-0.2, -0.15) is 5.10 Å². The van der Waals surface area contributed by atoms with Crippen LogP contribution in [-0.4, -0.2) is 29.0 Å². The predicted molar refractivity (Wildman–Crippen MR) is 80.4 cm³/mol. The third-order valence-electron chi connectivity index (χ3n) is 3.46. The SMILES string of the molecule is O=C(Nc1ccccc1)Nc1cnn(C2CCOCC2)c1. The highest BCUT2D eigenvalue weighted by Crippen LogP contribution is 2.21. The summed E-state index contributed by atoms with van der Waals surface area (Å²) >= 11 is 0. The number of nitrogens with zero attached hydrogens (tertiary/aromatic N) is 2. The Morgan fingerprint density at radius 1 is 1.14 bits per heavy atom. The molecule has 0 spiro atoms. The molecule has 2 amide bonds. The normalized spacial score (nSPS) is 15.6. The molecule has 2 N–H and O–H groups in total. The van der Waals surface area contributed by atoms with E-state index in [1.165, 1.54) is 0 Å². The summed E-state index contributed by atoms with van der Waals surface area (Å²) in [5.74, 6) is 0. The second-order valence-electron chi connectivity index (χ2n) is 5.00. The third-order valence-corrected chi connectivity index (χ3v) is 3.46. The molecule has 0 radical (unpaired) electrons. The van der Waals surface area contributed by atoms with Crippen LogP contribution in [0.2, 0.25) is 0 Å². The van der Waals surface area contributed by atoms with E-state index in [9.17, 15) is 4.79 Å². The summed E-state index contributed by atoms with van der Waals surface area (Å²) in [7, 11) is 0. The number of aromatic nitrogens is 2. The molecule has 3 rings (SSSR count). The Balaban J connectivity index is 1.57. The van der Waals surface area contributed by atoms with Crippen molar-refractivity contribution in [3.05, 3.63) is 42.7 Å². The summed E-state index contributed by atoms with van der Waals surface area (Å²) in [6.45, 7) is 1.53. The number of anilines is 2. The fourth-order valence-corrected chi connectivity index (χ4v) is 2.37. The number of rotatable bonds is 3. The minimum absolute atomic E-state index is 0.271. The second kappa shape index (κ2) is 6.41. The van der Waals surface area contributed by atoms with Gasteiger partial charge in [0.2, 0.25) is 0 Å². The summed E-state index contributed by atoms with van der Waals surface area (Å²) in [5, 5.41) is 9.88. The maximum Gasteiger partial charge on any atom is 0.323 e. The number of hydrogen-bond donors (Lipinski definition) is 2. The first-order valence-corrected chi connectivity index (χ1v) is 7.06. The summed E-state index contributed by atoms with van der Waals surface area (Å²) in [6.07, 6.45) is 5.44. The van der Waals surface area contributed by atoms with E-state index in [0.29, 0.717) is 11.7 Å². The zero-order valence-electron chi connectivity index (χ0n) is 11.7. The van der Waals surface area contributed by atoms with Gasteiger partial charge in [-0.25, -0.2) is 4.79 Å². The Labute approximate surface area is 123 Å². The zero-order chi connectivity index (χ0) is 14.5. The first-order chi connectivity index (χ1) is 10.3. The molecule has 1 aromatic heterocycles. The molecule has 6 nitrogen and oxygen atoms in total. The van der Waals surface area contributed by atoms with E-state index in [1.54, 1.807) is 6.20 Å². The molecule has 1 aromatic carbocycles. The van der Waals surface area contributed by atoms with Crippen LogP contribution in [0.15, 0.2) is 42.7 Å². The molecule has 2 heterocycles. The van der Waals surface area contributed by atoms with Crippen molar-refractivity contribution in [2.75, 3.05) is 23.8 Å². The van der Waals surface area contributed by atoms with Crippen molar-refractivity contribution in [2.45, 2.75) is 18.9 Å². The van der Waals surface area contributed by atoms with E-state index in [4.69, 9.17) is 4.74 Å². The smallest absolute Gasteiger partial charge is 0.323 e. The maximum absolute atomic E-state index is 11.9. The lowest BCUT2D eigenvalue weighted by atomic mass is 10.1. The molecule has 21 heavy (non-hydrogen) atoms. The molecule has 110 valence electrons. The van der Waals surface area contributed by atoms with E-state index in [2.05, 4.69) is 15.7 Å². The van der Waals surface area contributed by atoms with Gasteiger partial charge in [0.1, 0.15) is 0 Å². The number of ether oxygens (including phenoxy) is 1. The molecule has 2 aromatic rings. The Morgan fingerprint density at radius 3 is 2.62 bits per heavy atom. The number of hydrogen-bond acceptors (Lipinski definition) is 3. The van der Waals surface area contributed by atoms with Crippen LogP contribution in [0.25, 0.3) is 0 Å². The van der Waals surface area contributed by atoms with Crippen molar-refractivity contribution < 1.29 is 9.53 Å². The number of urea groups is 1. The van der Waals surface area contributed by atoms with Crippen LogP contribution in [0.4, 0.5) is 16.2 Å². The topological polar surface area (TPSA) is 68.2 Å². The van der Waals surface area contributed by atoms with E-state index in [0.717, 1.165) is 31.7 Å². The molecule has 0 saturated carbocycles. The van der Waals surface area contributed by atoms with Crippen molar-refractivity contribution in [3.8, 4) is 0 Å². The lowest BCUT2D eigenvalue weighted by molar-refractivity contribution is 0.0662. The van der Waals surface area contributed by atoms with Gasteiger partial charge in [-0.05, 0) is 25.0 Å². The number of carbonyl (C=O) groups is 1. The number of amides is 2. The highest BCUT2D eigenvalue weighted by atomic mass is 16.5. The van der Waals surface area contributed by atoms with E-state index < -0.39 is 0 Å². The van der Waals surface area contributed by atoms with Gasteiger partial charge in [0, 0.05) is 25.1 Å². The highest BCUT2D eigenvalue weighted by molar-refractivity contribution is 5.99. The zero-order valence-corrected chi connectivity index (χ0v) is 11.7. The van der Waals surface area contributed by atoms with Crippen LogP contribution in [0, 0.1) is 0 Å². The average molecular weight is 286 g/mol. The van der Waals surface area contributed by atoms with Gasteiger partial charge in [0.25, 0.3) is 0 Å². The Kier molecular flexibility index (Phi) is 4.16. The molecule has 1 aliphatic rings. The molecule has 1 aliphatic heterocycles. The Bertz CT molecular complexity index is 591. The van der Waals surface area contributed by atoms with Gasteiger partial charge in [-0.15, -0.1) is 0 Å². The maximum atomic E-state index is 11.9. The number of para-hydroxylation sites is 1. The predicted octanol–water partition coefficient (Wildman–Crippen LogP) is 2.88. The molecule has 0 aliphatic carbocycles. The van der Waals surface area contributed by atoms with Crippen LogP contribution in [0.3, 0.4) is 0 Å². The van der Waals surface area contributed by atoms with Crippen molar-refractivity contribution in [2.24, 2.45) is 0 Å². The van der Waals surface area contributed by atoms with Crippen LogP contribution in [0.1, 0.15) is 18.9 Å². The third kappa shape index (κ3) is 3.61. The Morgan fingerprint density at radius 2 is 1.86 bits per heavy atom. The monoisotopic (exact) mass is 286 g/mol. The fraction of sp³-hybridized carbons (Fsp3) is 0.333. The van der Waals surface area contributed by atoms with Crippen LogP contribution < -0.4 is 10.6 Å². The van der Waals surface area contributed by atoms with Gasteiger partial charge in [0.05, 0.1) is 17.9 Å². The molecule has 6 heteroatoms. The number of benzene rings is 1. The van der Waals surface area contributed by atoms with Crippen molar-refractivity contribution in [1.82, 2.24) is 9.78 Å². The van der Waals surface area contributed by atoms with Crippen molar-refractivity contribution in [1.29, 1.82) is 0 Å². The molecular formula is C15H18N4O2. The van der Waals surface area contributed by atoms with Crippen LogP contribution in [-0.2, 0) is 4.74 Å². The molecule has 0 unspecified atom stereocenters. The highest BCUT2D eigenvalue weighted by Gasteiger charge is 2.16. The van der Waals surface area contributed by atoms with Gasteiger partial charge < -0.3 is 15.4 Å². The minimum Gasteiger partial charge on any atom is -0.381 e. The number of nitrogens with one attached hydrogen (secondary N) is 2. The van der Waals surface area contributed by atoms with E-state index in [-0.39, 0.29) is 6.03 Å². The first kappa shape index (κ1) is 13.6. The lowest BCUT2D eigenvalue weighted by Gasteiger charge is -2.22. The van der Waals surface area contributed by atoms with Gasteiger partial charge in [-0.3, -0.25) is 4.68 Å². The largest absolute Gasteiger partial charge is 0.381 e. The number of carbonyl (C=O) groups excluding carboxylic acids is 1. The van der Waals surface area contributed by atoms with Gasteiger partial charge in [-0.1, -0.05) is 18.2 Å². The summed E-state index contributed by atoms with van der Waals surface area (Å²) in [5.41, 5.74) is 1.45. The standard InChI is InChI=1S/C15H18N4O2/c20-15(17-12-4-2-1-3-5-12)18-13-10-16-19(11-13)14-6-8-21-9-7-14/h1-5,10-11,14H,6-9H2,(H2,17,18,20). The van der Waals surface area contributed by atoms with Crippen LogP contribution in [0.5, 0.6) is 0 Å². The Hall–Kier alpha value is -2.34. The molecular weight excluding hydrogens is 268 g/mol. The lowest BCUT2D eigenvalue weighted by Crippen LogP contribution is -2.20.